The lowest BCUT2D eigenvalue weighted by Gasteiger charge is -2.02. The highest BCUT2D eigenvalue weighted by atomic mass is 16.1. The molecule has 2 aromatic rings. The maximum absolute atomic E-state index is 11.2. The Bertz CT molecular complexity index is 503. The minimum Gasteiger partial charge on any atom is -0.294 e. The minimum absolute atomic E-state index is 0.0146. The van der Waals surface area contributed by atoms with Crippen LogP contribution in [0.2, 0.25) is 0 Å². The molecule has 0 atom stereocenters. The summed E-state index contributed by atoms with van der Waals surface area (Å²) in [6, 6.07) is 10.8. The lowest BCUT2D eigenvalue weighted by molar-refractivity contribution is 0.101. The number of benzene rings is 1. The van der Waals surface area contributed by atoms with Crippen molar-refractivity contribution in [3.63, 3.8) is 0 Å². The van der Waals surface area contributed by atoms with Crippen LogP contribution in [-0.4, -0.2) is 10.8 Å². The van der Waals surface area contributed by atoms with E-state index < -0.39 is 0 Å². The average molecular weight is 184 g/mol. The largest absolute Gasteiger partial charge is 0.294 e. The number of hydrogen-bond acceptors (Lipinski definition) is 2. The van der Waals surface area contributed by atoms with E-state index in [1.807, 2.05) is 31.2 Å². The monoisotopic (exact) mass is 184 g/mol. The second-order valence-corrected chi connectivity index (χ2v) is 3.27. The molecule has 2 nitrogen and oxygen atoms in total. The van der Waals surface area contributed by atoms with Gasteiger partial charge in [-0.15, -0.1) is 0 Å². The third-order valence-electron chi connectivity index (χ3n) is 2.17. The zero-order chi connectivity index (χ0) is 10.1. The number of Topliss-reactive ketones (excluding diaryl/α,β-unsaturated/α-hetero) is 1. The van der Waals surface area contributed by atoms with Gasteiger partial charge < -0.3 is 0 Å². The second kappa shape index (κ2) is 3.22. The van der Waals surface area contributed by atoms with Crippen LogP contribution in [0.15, 0.2) is 24.3 Å². The number of aryl methyl sites for hydroxylation is 1. The molecular formula is C12H10NO. The first-order chi connectivity index (χ1) is 6.68. The highest BCUT2D eigenvalue weighted by molar-refractivity contribution is 5.97. The lowest BCUT2D eigenvalue weighted by Crippen LogP contribution is -1.99. The number of nitrogens with zero attached hydrogens (tertiary/aromatic N) is 1. The summed E-state index contributed by atoms with van der Waals surface area (Å²) in [4.78, 5) is 15.6. The fraction of sp³-hybridized carbons (Fsp3) is 0.167. The molecule has 1 radical (unpaired) electrons. The number of aromatic nitrogens is 1. The summed E-state index contributed by atoms with van der Waals surface area (Å²) in [5.41, 5.74) is 2.22. The first-order valence-electron chi connectivity index (χ1n) is 4.48. The van der Waals surface area contributed by atoms with E-state index in [0.29, 0.717) is 5.56 Å². The Balaban J connectivity index is 2.77. The third kappa shape index (κ3) is 1.39. The summed E-state index contributed by atoms with van der Waals surface area (Å²) in [7, 11) is 0. The van der Waals surface area contributed by atoms with Gasteiger partial charge in [0.25, 0.3) is 0 Å². The predicted octanol–water partition coefficient (Wildman–Crippen LogP) is 2.55. The summed E-state index contributed by atoms with van der Waals surface area (Å²) < 4.78 is 0. The molecule has 0 aliphatic rings. The minimum atomic E-state index is 0.0146. The molecule has 14 heavy (non-hydrogen) atoms. The van der Waals surface area contributed by atoms with Gasteiger partial charge in [-0.3, -0.25) is 9.78 Å². The van der Waals surface area contributed by atoms with Crippen molar-refractivity contribution < 1.29 is 4.79 Å². The van der Waals surface area contributed by atoms with Gasteiger partial charge in [-0.25, -0.2) is 0 Å². The Labute approximate surface area is 82.6 Å². The SMILES string of the molecule is CC(=O)c1[c]c2ccccc2nc1C. The van der Waals surface area contributed by atoms with Gasteiger partial charge in [-0.1, -0.05) is 18.2 Å². The molecule has 0 bridgehead atoms. The molecule has 2 heteroatoms. The van der Waals surface area contributed by atoms with E-state index in [2.05, 4.69) is 11.1 Å². The van der Waals surface area contributed by atoms with Crippen LogP contribution in [0.4, 0.5) is 0 Å². The molecule has 1 aromatic carbocycles. The number of carbonyl (C=O) groups is 1. The number of pyridine rings is 1. The van der Waals surface area contributed by atoms with Crippen LogP contribution in [0.3, 0.4) is 0 Å². The van der Waals surface area contributed by atoms with Crippen LogP contribution in [0.1, 0.15) is 23.0 Å². The van der Waals surface area contributed by atoms with Crippen LogP contribution < -0.4 is 0 Å². The number of carbonyl (C=O) groups excluding carboxylic acids is 1. The molecule has 0 N–H and O–H groups in total. The van der Waals surface area contributed by atoms with Crippen LogP contribution in [-0.2, 0) is 0 Å². The highest BCUT2D eigenvalue weighted by Crippen LogP contribution is 2.15. The van der Waals surface area contributed by atoms with Crippen molar-refractivity contribution >= 4 is 16.7 Å². The van der Waals surface area contributed by atoms with Crippen LogP contribution in [0, 0.1) is 13.0 Å². The van der Waals surface area contributed by atoms with Crippen LogP contribution in [0.25, 0.3) is 10.9 Å². The Hall–Kier alpha value is -1.70. The van der Waals surface area contributed by atoms with Crippen molar-refractivity contribution in [3.05, 3.63) is 41.6 Å². The van der Waals surface area contributed by atoms with E-state index in [9.17, 15) is 4.79 Å². The van der Waals surface area contributed by atoms with Gasteiger partial charge in [0, 0.05) is 22.7 Å². The van der Waals surface area contributed by atoms with Crippen LogP contribution in [0.5, 0.6) is 0 Å². The summed E-state index contributed by atoms with van der Waals surface area (Å²) in [5.74, 6) is 0.0146. The van der Waals surface area contributed by atoms with Gasteiger partial charge >= 0.3 is 0 Å². The molecule has 0 unspecified atom stereocenters. The molecular weight excluding hydrogens is 174 g/mol. The zero-order valence-electron chi connectivity index (χ0n) is 8.16. The van der Waals surface area contributed by atoms with E-state index in [4.69, 9.17) is 0 Å². The molecule has 69 valence electrons. The first-order valence-corrected chi connectivity index (χ1v) is 4.48. The molecule has 2 rings (SSSR count). The molecule has 0 aliphatic carbocycles. The van der Waals surface area contributed by atoms with Crippen molar-refractivity contribution in [1.82, 2.24) is 4.98 Å². The van der Waals surface area contributed by atoms with E-state index in [-0.39, 0.29) is 5.78 Å². The fourth-order valence-electron chi connectivity index (χ4n) is 1.48. The molecule has 0 saturated heterocycles. The summed E-state index contributed by atoms with van der Waals surface area (Å²) in [5, 5.41) is 0.892. The number of ketones is 1. The lowest BCUT2D eigenvalue weighted by atomic mass is 10.1. The third-order valence-corrected chi connectivity index (χ3v) is 2.17. The fourth-order valence-corrected chi connectivity index (χ4v) is 1.48. The van der Waals surface area contributed by atoms with Crippen LogP contribution >= 0.6 is 0 Å². The molecule has 0 amide bonds. The van der Waals surface area contributed by atoms with Crippen molar-refractivity contribution in [3.8, 4) is 0 Å². The van der Waals surface area contributed by atoms with Gasteiger partial charge in [0.15, 0.2) is 5.78 Å². The van der Waals surface area contributed by atoms with Gasteiger partial charge in [0.2, 0.25) is 0 Å². The van der Waals surface area contributed by atoms with Gasteiger partial charge in [-0.2, -0.15) is 0 Å². The molecule has 0 fully saturated rings. The Morgan fingerprint density at radius 1 is 1.36 bits per heavy atom. The van der Waals surface area contributed by atoms with Gasteiger partial charge in [0.05, 0.1) is 5.52 Å². The highest BCUT2D eigenvalue weighted by Gasteiger charge is 2.06. The topological polar surface area (TPSA) is 30.0 Å². The second-order valence-electron chi connectivity index (χ2n) is 3.27. The van der Waals surface area contributed by atoms with Gasteiger partial charge in [-0.05, 0) is 19.9 Å². The molecule has 0 saturated carbocycles. The summed E-state index contributed by atoms with van der Waals surface area (Å²) >= 11 is 0. The molecule has 0 aliphatic heterocycles. The zero-order valence-corrected chi connectivity index (χ0v) is 8.16. The summed E-state index contributed by atoms with van der Waals surface area (Å²) in [6.45, 7) is 3.37. The smallest absolute Gasteiger partial charge is 0.162 e. The average Bonchev–Trinajstić information content (AvgIpc) is 2.16. The number of fused-ring (bicyclic) bond motifs is 1. The number of rotatable bonds is 1. The van der Waals surface area contributed by atoms with Crippen molar-refractivity contribution in [1.29, 1.82) is 0 Å². The standard InChI is InChI=1S/C12H10NO/c1-8-11(9(2)14)7-10-5-3-4-6-12(10)13-8/h3-6H,1-2H3. The maximum Gasteiger partial charge on any atom is 0.162 e. The van der Waals surface area contributed by atoms with Crippen molar-refractivity contribution in [2.24, 2.45) is 0 Å². The van der Waals surface area contributed by atoms with E-state index in [0.717, 1.165) is 16.6 Å². The normalized spacial score (nSPS) is 10.4. The summed E-state index contributed by atoms with van der Waals surface area (Å²) in [6.07, 6.45) is 0. The molecule has 0 spiro atoms. The first kappa shape index (κ1) is 8.88. The van der Waals surface area contributed by atoms with E-state index in [1.54, 1.807) is 0 Å². The van der Waals surface area contributed by atoms with Crippen molar-refractivity contribution in [2.75, 3.05) is 0 Å². The maximum atomic E-state index is 11.2. The van der Waals surface area contributed by atoms with Crippen molar-refractivity contribution in [2.45, 2.75) is 13.8 Å². The van der Waals surface area contributed by atoms with E-state index in [1.165, 1.54) is 6.92 Å². The van der Waals surface area contributed by atoms with Gasteiger partial charge in [0.1, 0.15) is 0 Å². The molecule has 1 heterocycles. The number of para-hydroxylation sites is 1. The van der Waals surface area contributed by atoms with E-state index >= 15 is 0 Å². The Kier molecular flexibility index (Phi) is 2.04. The Morgan fingerprint density at radius 3 is 2.79 bits per heavy atom. The molecule has 1 aromatic heterocycles. The Morgan fingerprint density at radius 2 is 2.07 bits per heavy atom. The number of hydrogen-bond donors (Lipinski definition) is 0. The quantitative estimate of drug-likeness (QED) is 0.637. The predicted molar refractivity (Wildman–Crippen MR) is 55.3 cm³/mol.